The van der Waals surface area contributed by atoms with Crippen molar-refractivity contribution in [2.75, 3.05) is 26.7 Å². The standard InChI is InChI=1S/C24H30N4O.HI/c1-25-24(28-15-13-22(18-28)21-6-3-2-4-7-21)26-16-19-9-11-20(12-10-19)17-27-14-5-8-23(27)29;/h2-4,6-7,9-12,22H,5,8,13-18H2,1H3,(H,25,26);1H. The van der Waals surface area contributed by atoms with Gasteiger partial charge in [0.2, 0.25) is 5.91 Å². The van der Waals surface area contributed by atoms with Crippen LogP contribution in [0.25, 0.3) is 0 Å². The van der Waals surface area contributed by atoms with E-state index in [1.807, 2.05) is 11.9 Å². The minimum Gasteiger partial charge on any atom is -0.352 e. The lowest BCUT2D eigenvalue weighted by Gasteiger charge is -2.22. The number of carbonyl (C=O) groups excluding carboxylic acids is 1. The summed E-state index contributed by atoms with van der Waals surface area (Å²) in [6.07, 6.45) is 2.85. The van der Waals surface area contributed by atoms with Gasteiger partial charge in [-0.15, -0.1) is 24.0 Å². The number of amides is 1. The zero-order valence-electron chi connectivity index (χ0n) is 17.6. The molecule has 2 saturated heterocycles. The van der Waals surface area contributed by atoms with E-state index in [0.29, 0.717) is 12.3 Å². The average molecular weight is 518 g/mol. The Morgan fingerprint density at radius 3 is 2.47 bits per heavy atom. The van der Waals surface area contributed by atoms with Crippen LogP contribution in [0.3, 0.4) is 0 Å². The number of aliphatic imine (C=N–C) groups is 1. The molecule has 2 aliphatic rings. The van der Waals surface area contributed by atoms with Crippen LogP contribution in [0.5, 0.6) is 0 Å². The second kappa shape index (κ2) is 10.8. The first-order chi connectivity index (χ1) is 14.2. The Hall–Kier alpha value is -2.09. The lowest BCUT2D eigenvalue weighted by Crippen LogP contribution is -2.39. The Morgan fingerprint density at radius 2 is 1.80 bits per heavy atom. The highest BCUT2D eigenvalue weighted by Gasteiger charge is 2.25. The molecule has 2 aromatic carbocycles. The van der Waals surface area contributed by atoms with Gasteiger partial charge in [0.1, 0.15) is 0 Å². The quantitative estimate of drug-likeness (QED) is 0.370. The highest BCUT2D eigenvalue weighted by Crippen LogP contribution is 2.26. The maximum atomic E-state index is 11.8. The van der Waals surface area contributed by atoms with Crippen LogP contribution in [-0.2, 0) is 17.9 Å². The summed E-state index contributed by atoms with van der Waals surface area (Å²) in [5.74, 6) is 1.82. The number of hydrogen-bond donors (Lipinski definition) is 1. The predicted octanol–water partition coefficient (Wildman–Crippen LogP) is 3.99. The van der Waals surface area contributed by atoms with Crippen molar-refractivity contribution in [2.45, 2.75) is 38.3 Å². The highest BCUT2D eigenvalue weighted by molar-refractivity contribution is 14.0. The van der Waals surface area contributed by atoms with Crippen molar-refractivity contribution in [1.29, 1.82) is 0 Å². The number of hydrogen-bond acceptors (Lipinski definition) is 2. The van der Waals surface area contributed by atoms with E-state index < -0.39 is 0 Å². The van der Waals surface area contributed by atoms with E-state index in [9.17, 15) is 4.79 Å². The Kier molecular flexibility index (Phi) is 8.13. The zero-order chi connectivity index (χ0) is 20.1. The molecule has 0 spiro atoms. The van der Waals surface area contributed by atoms with Crippen molar-refractivity contribution in [1.82, 2.24) is 15.1 Å². The number of rotatable bonds is 5. The molecule has 0 aliphatic carbocycles. The largest absolute Gasteiger partial charge is 0.352 e. The van der Waals surface area contributed by atoms with Crippen molar-refractivity contribution in [3.05, 3.63) is 71.3 Å². The summed E-state index contributed by atoms with van der Waals surface area (Å²) in [5.41, 5.74) is 3.83. The second-order valence-electron chi connectivity index (χ2n) is 7.98. The number of nitrogens with one attached hydrogen (secondary N) is 1. The maximum Gasteiger partial charge on any atom is 0.222 e. The van der Waals surface area contributed by atoms with Crippen LogP contribution in [0.15, 0.2) is 59.6 Å². The lowest BCUT2D eigenvalue weighted by molar-refractivity contribution is -0.128. The van der Waals surface area contributed by atoms with Crippen LogP contribution >= 0.6 is 24.0 Å². The number of nitrogens with zero attached hydrogens (tertiary/aromatic N) is 3. The molecule has 5 nitrogen and oxygen atoms in total. The first-order valence-electron chi connectivity index (χ1n) is 10.6. The Labute approximate surface area is 196 Å². The SMILES string of the molecule is CN=C(NCc1ccc(CN2CCCC2=O)cc1)N1CCC(c2ccccc2)C1.I. The molecule has 1 amide bonds. The summed E-state index contributed by atoms with van der Waals surface area (Å²) in [5, 5.41) is 3.51. The summed E-state index contributed by atoms with van der Waals surface area (Å²) in [7, 11) is 1.86. The topological polar surface area (TPSA) is 47.9 Å². The molecule has 0 aromatic heterocycles. The smallest absolute Gasteiger partial charge is 0.222 e. The van der Waals surface area contributed by atoms with Gasteiger partial charge in [-0.25, -0.2) is 0 Å². The molecule has 160 valence electrons. The summed E-state index contributed by atoms with van der Waals surface area (Å²) in [6, 6.07) is 19.3. The fourth-order valence-electron chi connectivity index (χ4n) is 4.32. The second-order valence-corrected chi connectivity index (χ2v) is 7.98. The van der Waals surface area contributed by atoms with Crippen molar-refractivity contribution >= 4 is 35.8 Å². The fourth-order valence-corrected chi connectivity index (χ4v) is 4.32. The van der Waals surface area contributed by atoms with Crippen LogP contribution in [0.2, 0.25) is 0 Å². The van der Waals surface area contributed by atoms with Crippen molar-refractivity contribution in [2.24, 2.45) is 4.99 Å². The van der Waals surface area contributed by atoms with Gasteiger partial charge in [0.05, 0.1) is 0 Å². The lowest BCUT2D eigenvalue weighted by atomic mass is 9.99. The predicted molar refractivity (Wildman–Crippen MR) is 132 cm³/mol. The average Bonchev–Trinajstić information content (AvgIpc) is 3.40. The molecule has 6 heteroatoms. The molecule has 4 rings (SSSR count). The number of likely N-dealkylation sites (tertiary alicyclic amines) is 2. The van der Waals surface area contributed by atoms with Gasteiger partial charge < -0.3 is 15.1 Å². The van der Waals surface area contributed by atoms with Gasteiger partial charge >= 0.3 is 0 Å². The molecular weight excluding hydrogens is 487 g/mol. The number of halogens is 1. The molecule has 2 aromatic rings. The fraction of sp³-hybridized carbons (Fsp3) is 0.417. The highest BCUT2D eigenvalue weighted by atomic mass is 127. The number of guanidine groups is 1. The molecule has 2 fully saturated rings. The number of benzene rings is 2. The van der Waals surface area contributed by atoms with Crippen LogP contribution in [0.4, 0.5) is 0 Å². The summed E-state index contributed by atoms with van der Waals surface area (Å²) >= 11 is 0. The van der Waals surface area contributed by atoms with Gasteiger partial charge in [0.15, 0.2) is 5.96 Å². The van der Waals surface area contributed by atoms with E-state index in [4.69, 9.17) is 0 Å². The van der Waals surface area contributed by atoms with Gasteiger partial charge in [-0.2, -0.15) is 0 Å². The third-order valence-electron chi connectivity index (χ3n) is 5.99. The van der Waals surface area contributed by atoms with Crippen molar-refractivity contribution < 1.29 is 4.79 Å². The molecule has 2 heterocycles. The summed E-state index contributed by atoms with van der Waals surface area (Å²) < 4.78 is 0. The van der Waals surface area contributed by atoms with Crippen molar-refractivity contribution in [3.8, 4) is 0 Å². The van der Waals surface area contributed by atoms with Crippen LogP contribution in [-0.4, -0.2) is 48.3 Å². The van der Waals surface area contributed by atoms with Crippen LogP contribution < -0.4 is 5.32 Å². The van der Waals surface area contributed by atoms with Crippen molar-refractivity contribution in [3.63, 3.8) is 0 Å². The first-order valence-corrected chi connectivity index (χ1v) is 10.6. The minimum atomic E-state index is 0. The molecule has 2 aliphatic heterocycles. The van der Waals surface area contributed by atoms with E-state index in [1.54, 1.807) is 0 Å². The molecule has 0 radical (unpaired) electrons. The van der Waals surface area contributed by atoms with Gasteiger partial charge in [0.25, 0.3) is 0 Å². The third kappa shape index (κ3) is 5.53. The molecule has 0 saturated carbocycles. The Morgan fingerprint density at radius 1 is 1.07 bits per heavy atom. The maximum absolute atomic E-state index is 11.8. The summed E-state index contributed by atoms with van der Waals surface area (Å²) in [6.45, 7) is 4.40. The first kappa shape index (κ1) is 22.6. The van der Waals surface area contributed by atoms with E-state index in [1.165, 1.54) is 16.7 Å². The molecule has 30 heavy (non-hydrogen) atoms. The van der Waals surface area contributed by atoms with E-state index >= 15 is 0 Å². The minimum absolute atomic E-state index is 0. The van der Waals surface area contributed by atoms with Gasteiger partial charge in [-0.05, 0) is 29.5 Å². The van der Waals surface area contributed by atoms with Crippen LogP contribution in [0.1, 0.15) is 41.9 Å². The Balaban J connectivity index is 0.00000256. The van der Waals surface area contributed by atoms with Gasteiger partial charge in [0, 0.05) is 52.1 Å². The van der Waals surface area contributed by atoms with E-state index in [0.717, 1.165) is 51.5 Å². The number of carbonyl (C=O) groups is 1. The van der Waals surface area contributed by atoms with Gasteiger partial charge in [-0.1, -0.05) is 54.6 Å². The molecule has 1 atom stereocenters. The zero-order valence-corrected chi connectivity index (χ0v) is 19.9. The van der Waals surface area contributed by atoms with Crippen LogP contribution in [0, 0.1) is 0 Å². The Bertz CT molecular complexity index is 853. The summed E-state index contributed by atoms with van der Waals surface area (Å²) in [4.78, 5) is 20.6. The van der Waals surface area contributed by atoms with E-state index in [2.05, 4.69) is 69.8 Å². The molecule has 1 unspecified atom stereocenters. The van der Waals surface area contributed by atoms with Gasteiger partial charge in [-0.3, -0.25) is 9.79 Å². The van der Waals surface area contributed by atoms with E-state index in [-0.39, 0.29) is 29.9 Å². The molecule has 1 N–H and O–H groups in total. The molecule has 0 bridgehead atoms. The third-order valence-corrected chi connectivity index (χ3v) is 5.99. The normalized spacial score (nSPS) is 19.2. The monoisotopic (exact) mass is 518 g/mol. The molecular formula is C24H31IN4O.